The molecule has 0 aliphatic heterocycles. The van der Waals surface area contributed by atoms with Crippen LogP contribution in [0.2, 0.25) is 0 Å². The van der Waals surface area contributed by atoms with Crippen molar-refractivity contribution in [2.75, 3.05) is 7.11 Å². The number of benzene rings is 3. The molecule has 0 saturated carbocycles. The fraction of sp³-hybridized carbons (Fsp3) is 0.172. The van der Waals surface area contributed by atoms with Crippen LogP contribution in [0.1, 0.15) is 53.1 Å². The molecule has 3 nitrogen and oxygen atoms in total. The van der Waals surface area contributed by atoms with Gasteiger partial charge in [-0.05, 0) is 60.0 Å². The topological polar surface area (TPSA) is 39.2 Å². The summed E-state index contributed by atoms with van der Waals surface area (Å²) >= 11 is 0. The highest BCUT2D eigenvalue weighted by Gasteiger charge is 2.34. The van der Waals surface area contributed by atoms with Gasteiger partial charge in [-0.15, -0.1) is 0 Å². The van der Waals surface area contributed by atoms with Crippen molar-refractivity contribution in [1.82, 2.24) is 4.98 Å². The van der Waals surface area contributed by atoms with Crippen LogP contribution in [-0.2, 0) is 4.74 Å². The number of pyridine rings is 1. The van der Waals surface area contributed by atoms with Crippen molar-refractivity contribution in [2.45, 2.75) is 25.9 Å². The fourth-order valence-corrected chi connectivity index (χ4v) is 4.24. The molecule has 0 bridgehead atoms. The summed E-state index contributed by atoms with van der Waals surface area (Å²) in [5, 5.41) is 0. The summed E-state index contributed by atoms with van der Waals surface area (Å²) in [7, 11) is 1.09. The number of esters is 1. The molecule has 4 aromatic rings. The monoisotopic (exact) mass is 529 g/mol. The van der Waals surface area contributed by atoms with Gasteiger partial charge in [0.1, 0.15) is 11.6 Å². The zero-order valence-corrected chi connectivity index (χ0v) is 20.5. The van der Waals surface area contributed by atoms with Crippen LogP contribution in [0.15, 0.2) is 60.7 Å². The molecule has 1 aromatic heterocycles. The first kappa shape index (κ1) is 26.9. The van der Waals surface area contributed by atoms with Gasteiger partial charge in [-0.3, -0.25) is 4.98 Å². The Morgan fingerprint density at radius 1 is 0.789 bits per heavy atom. The maximum Gasteiger partial charge on any atom is 0.340 e. The molecule has 0 N–H and O–H groups in total. The van der Waals surface area contributed by atoms with E-state index in [0.717, 1.165) is 37.4 Å². The second kappa shape index (κ2) is 10.7. The number of hydrogen-bond acceptors (Lipinski definition) is 3. The first-order valence-electron chi connectivity index (χ1n) is 11.5. The van der Waals surface area contributed by atoms with Crippen LogP contribution in [0.3, 0.4) is 0 Å². The lowest BCUT2D eigenvalue weighted by Gasteiger charge is -2.25. The number of aromatic nitrogens is 1. The minimum absolute atomic E-state index is 0.0154. The number of nitrogens with zero attached hydrogens (tertiary/aromatic N) is 1. The maximum atomic E-state index is 16.4. The molecule has 0 amide bonds. The third-order valence-corrected chi connectivity index (χ3v) is 6.04. The molecule has 0 radical (unpaired) electrons. The van der Waals surface area contributed by atoms with Gasteiger partial charge in [0.05, 0.1) is 24.1 Å². The van der Waals surface area contributed by atoms with Crippen LogP contribution in [0.25, 0.3) is 22.4 Å². The van der Waals surface area contributed by atoms with Crippen molar-refractivity contribution in [2.24, 2.45) is 0 Å². The summed E-state index contributed by atoms with van der Waals surface area (Å²) in [6.45, 7) is 3.34. The lowest BCUT2D eigenvalue weighted by Crippen LogP contribution is -2.16. The number of alkyl halides is 1. The molecule has 1 heterocycles. The van der Waals surface area contributed by atoms with Crippen LogP contribution in [0.5, 0.6) is 0 Å². The largest absolute Gasteiger partial charge is 0.465 e. The third-order valence-electron chi connectivity index (χ3n) is 6.04. The minimum Gasteiger partial charge on any atom is -0.465 e. The molecule has 0 spiro atoms. The van der Waals surface area contributed by atoms with E-state index in [4.69, 9.17) is 4.74 Å². The van der Waals surface area contributed by atoms with Crippen LogP contribution >= 0.6 is 0 Å². The van der Waals surface area contributed by atoms with Gasteiger partial charge in [-0.1, -0.05) is 26.0 Å². The van der Waals surface area contributed by atoms with Crippen molar-refractivity contribution in [3.8, 4) is 22.4 Å². The SMILES string of the molecule is COC(=O)c1c(-c2ccc(F)cc2)nc(C(C)C)c(C(F)c2ccc(F)c(F)c2F)c1-c1ccc(F)cc1. The zero-order valence-electron chi connectivity index (χ0n) is 20.5. The van der Waals surface area contributed by atoms with Crippen molar-refractivity contribution in [1.29, 1.82) is 0 Å². The van der Waals surface area contributed by atoms with Gasteiger partial charge in [-0.25, -0.2) is 31.1 Å². The zero-order chi connectivity index (χ0) is 27.7. The Labute approximate surface area is 214 Å². The number of hydrogen-bond donors (Lipinski definition) is 0. The van der Waals surface area contributed by atoms with E-state index in [1.807, 2.05) is 0 Å². The highest BCUT2D eigenvalue weighted by atomic mass is 19.2. The molecule has 3 aromatic carbocycles. The van der Waals surface area contributed by atoms with E-state index >= 15 is 4.39 Å². The summed E-state index contributed by atoms with van der Waals surface area (Å²) in [6, 6.07) is 11.1. The maximum absolute atomic E-state index is 16.4. The molecule has 0 fully saturated rings. The van der Waals surface area contributed by atoms with Crippen LogP contribution in [0.4, 0.5) is 26.3 Å². The Morgan fingerprint density at radius 3 is 1.87 bits per heavy atom. The molecular formula is C29H21F6NO2. The Hall–Kier alpha value is -4.14. The number of methoxy groups -OCH3 is 1. The van der Waals surface area contributed by atoms with E-state index in [0.29, 0.717) is 6.07 Å². The predicted molar refractivity (Wildman–Crippen MR) is 130 cm³/mol. The molecule has 0 saturated heterocycles. The molecular weight excluding hydrogens is 508 g/mol. The van der Waals surface area contributed by atoms with Crippen molar-refractivity contribution >= 4 is 5.97 Å². The van der Waals surface area contributed by atoms with Gasteiger partial charge in [0.25, 0.3) is 0 Å². The number of ether oxygens (including phenoxy) is 1. The average Bonchev–Trinajstić information content (AvgIpc) is 2.90. The van der Waals surface area contributed by atoms with Gasteiger partial charge in [0.2, 0.25) is 0 Å². The lowest BCUT2D eigenvalue weighted by atomic mass is 9.84. The molecule has 1 unspecified atom stereocenters. The first-order chi connectivity index (χ1) is 18.0. The molecule has 196 valence electrons. The quantitative estimate of drug-likeness (QED) is 0.144. The van der Waals surface area contributed by atoms with Gasteiger partial charge < -0.3 is 4.74 Å². The summed E-state index contributed by atoms with van der Waals surface area (Å²) in [6.07, 6.45) is -2.42. The highest BCUT2D eigenvalue weighted by molar-refractivity contribution is 6.04. The van der Waals surface area contributed by atoms with E-state index in [9.17, 15) is 26.7 Å². The van der Waals surface area contributed by atoms with Crippen LogP contribution in [-0.4, -0.2) is 18.1 Å². The van der Waals surface area contributed by atoms with E-state index in [-0.39, 0.29) is 39.2 Å². The Kier molecular flexibility index (Phi) is 7.57. The molecule has 4 rings (SSSR count). The minimum atomic E-state index is -2.42. The van der Waals surface area contributed by atoms with Crippen LogP contribution in [0, 0.1) is 29.1 Å². The Balaban J connectivity index is 2.18. The molecule has 9 heteroatoms. The summed E-state index contributed by atoms with van der Waals surface area (Å²) in [5.74, 6) is -7.74. The number of carbonyl (C=O) groups is 1. The van der Waals surface area contributed by atoms with Gasteiger partial charge in [-0.2, -0.15) is 0 Å². The average molecular weight is 529 g/mol. The van der Waals surface area contributed by atoms with E-state index < -0.39 is 52.7 Å². The van der Waals surface area contributed by atoms with Gasteiger partial charge in [0, 0.05) is 22.3 Å². The Bertz CT molecular complexity index is 1500. The molecule has 0 aliphatic carbocycles. The smallest absolute Gasteiger partial charge is 0.340 e. The lowest BCUT2D eigenvalue weighted by molar-refractivity contribution is 0.0602. The summed E-state index contributed by atoms with van der Waals surface area (Å²) in [4.78, 5) is 17.7. The normalized spacial score (nSPS) is 12.1. The summed E-state index contributed by atoms with van der Waals surface area (Å²) < 4.78 is 91.4. The first-order valence-corrected chi connectivity index (χ1v) is 11.5. The molecule has 38 heavy (non-hydrogen) atoms. The Morgan fingerprint density at radius 2 is 1.34 bits per heavy atom. The van der Waals surface area contributed by atoms with Crippen LogP contribution < -0.4 is 0 Å². The standard InChI is InChI=1S/C29H21F6NO2/c1-14(2)27-22(24(33)19-12-13-20(32)26(35)25(19)34)21(15-4-8-17(30)9-5-15)23(29(37)38-3)28(36-27)16-6-10-18(31)11-7-16/h4-14,24H,1-3H3. The number of rotatable bonds is 6. The van der Waals surface area contributed by atoms with Gasteiger partial charge in [0.15, 0.2) is 23.6 Å². The fourth-order valence-electron chi connectivity index (χ4n) is 4.24. The van der Waals surface area contributed by atoms with E-state index in [1.165, 1.54) is 24.3 Å². The van der Waals surface area contributed by atoms with Crippen molar-refractivity contribution in [3.05, 3.63) is 112 Å². The van der Waals surface area contributed by atoms with E-state index in [1.54, 1.807) is 13.8 Å². The third kappa shape index (κ3) is 4.88. The van der Waals surface area contributed by atoms with Crippen molar-refractivity contribution in [3.63, 3.8) is 0 Å². The highest BCUT2D eigenvalue weighted by Crippen LogP contribution is 2.44. The van der Waals surface area contributed by atoms with Gasteiger partial charge >= 0.3 is 5.97 Å². The number of halogens is 6. The number of carbonyl (C=O) groups excluding carboxylic acids is 1. The summed E-state index contributed by atoms with van der Waals surface area (Å²) in [5.41, 5.74) is -0.959. The van der Waals surface area contributed by atoms with E-state index in [2.05, 4.69) is 4.98 Å². The van der Waals surface area contributed by atoms with Crippen molar-refractivity contribution < 1.29 is 35.9 Å². The molecule has 0 aliphatic rings. The second-order valence-electron chi connectivity index (χ2n) is 8.80. The molecule has 1 atom stereocenters. The second-order valence-corrected chi connectivity index (χ2v) is 8.80. The predicted octanol–water partition coefficient (Wildman–Crippen LogP) is 8.08.